The van der Waals surface area contributed by atoms with Crippen LogP contribution in [0, 0.1) is 5.92 Å². The maximum Gasteiger partial charge on any atom is 0.435 e. The number of nitrogens with zero attached hydrogens (tertiary/aromatic N) is 1. The van der Waals surface area contributed by atoms with Crippen molar-refractivity contribution in [1.82, 2.24) is 5.06 Å². The molecule has 1 amide bonds. The fourth-order valence-corrected chi connectivity index (χ4v) is 3.23. The normalized spacial score (nSPS) is 27.3. The van der Waals surface area contributed by atoms with E-state index in [-0.39, 0.29) is 18.6 Å². The summed E-state index contributed by atoms with van der Waals surface area (Å²) in [6, 6.07) is 8.31. The van der Waals surface area contributed by atoms with Gasteiger partial charge in [0.2, 0.25) is 0 Å². The summed E-state index contributed by atoms with van der Waals surface area (Å²) in [7, 11) is 0. The zero-order valence-corrected chi connectivity index (χ0v) is 12.2. The minimum Gasteiger partial charge on any atom is -0.480 e. The zero-order valence-electron chi connectivity index (χ0n) is 12.2. The van der Waals surface area contributed by atoms with Gasteiger partial charge in [0.05, 0.1) is 6.10 Å². The van der Waals surface area contributed by atoms with E-state index < -0.39 is 18.1 Å². The third kappa shape index (κ3) is 2.92. The van der Waals surface area contributed by atoms with Crippen molar-refractivity contribution in [2.24, 2.45) is 5.92 Å². The third-order valence-electron chi connectivity index (χ3n) is 4.30. The fourth-order valence-electron chi connectivity index (χ4n) is 3.23. The van der Waals surface area contributed by atoms with Crippen LogP contribution in [0.3, 0.4) is 0 Å². The fraction of sp³-hybridized carbons (Fsp3) is 0.500. The first-order chi connectivity index (χ1) is 10.7. The van der Waals surface area contributed by atoms with Gasteiger partial charge in [0.25, 0.3) is 0 Å². The van der Waals surface area contributed by atoms with E-state index in [0.717, 1.165) is 36.3 Å². The smallest absolute Gasteiger partial charge is 0.435 e. The van der Waals surface area contributed by atoms with Crippen LogP contribution in [-0.4, -0.2) is 34.4 Å². The highest BCUT2D eigenvalue weighted by atomic mass is 16.7. The van der Waals surface area contributed by atoms with E-state index >= 15 is 0 Å². The van der Waals surface area contributed by atoms with Crippen LogP contribution in [0.4, 0.5) is 4.79 Å². The molecule has 2 aliphatic rings. The highest BCUT2D eigenvalue weighted by Crippen LogP contribution is 2.38. The van der Waals surface area contributed by atoms with Crippen LogP contribution in [-0.2, 0) is 21.0 Å². The van der Waals surface area contributed by atoms with E-state index in [1.165, 1.54) is 0 Å². The van der Waals surface area contributed by atoms with Crippen molar-refractivity contribution < 1.29 is 24.3 Å². The molecule has 2 fully saturated rings. The lowest BCUT2D eigenvalue weighted by Gasteiger charge is -2.23. The Balaban J connectivity index is 1.66. The Morgan fingerprint density at radius 1 is 1.23 bits per heavy atom. The van der Waals surface area contributed by atoms with Crippen LogP contribution in [0.5, 0.6) is 0 Å². The molecule has 1 heterocycles. The number of carboxylic acid groups (broad SMARTS) is 1. The molecule has 0 aromatic heterocycles. The number of aliphatic carboxylic acids is 1. The number of carbonyl (C=O) groups is 2. The molecule has 22 heavy (non-hydrogen) atoms. The van der Waals surface area contributed by atoms with E-state index in [4.69, 9.17) is 9.57 Å². The number of hydrogen-bond acceptors (Lipinski definition) is 4. The molecule has 0 spiro atoms. The molecule has 1 aromatic carbocycles. The topological polar surface area (TPSA) is 76.1 Å². The summed E-state index contributed by atoms with van der Waals surface area (Å²) >= 11 is 0. The van der Waals surface area contributed by atoms with Gasteiger partial charge in [-0.3, -0.25) is 4.84 Å². The lowest BCUT2D eigenvalue weighted by molar-refractivity contribution is -0.166. The van der Waals surface area contributed by atoms with Crippen molar-refractivity contribution in [3.05, 3.63) is 35.9 Å². The Labute approximate surface area is 128 Å². The Bertz CT molecular complexity index is 547. The molecule has 0 bridgehead atoms. The maximum atomic E-state index is 12.2. The van der Waals surface area contributed by atoms with E-state index in [0.29, 0.717) is 0 Å². The molecule has 6 heteroatoms. The van der Waals surface area contributed by atoms with Gasteiger partial charge in [-0.25, -0.2) is 9.59 Å². The molecule has 1 N–H and O–H groups in total. The Kier molecular flexibility index (Phi) is 4.29. The van der Waals surface area contributed by atoms with Crippen LogP contribution in [0.2, 0.25) is 0 Å². The lowest BCUT2D eigenvalue weighted by Crippen LogP contribution is -2.43. The van der Waals surface area contributed by atoms with Crippen LogP contribution >= 0.6 is 0 Å². The Hall–Kier alpha value is -2.08. The first-order valence-electron chi connectivity index (χ1n) is 7.56. The second-order valence-corrected chi connectivity index (χ2v) is 5.74. The van der Waals surface area contributed by atoms with Crippen molar-refractivity contribution in [2.45, 2.75) is 44.4 Å². The van der Waals surface area contributed by atoms with Gasteiger partial charge < -0.3 is 9.84 Å². The van der Waals surface area contributed by atoms with E-state index in [9.17, 15) is 14.7 Å². The largest absolute Gasteiger partial charge is 0.480 e. The molecule has 3 rings (SSSR count). The minimum atomic E-state index is -1.04. The van der Waals surface area contributed by atoms with E-state index in [1.54, 1.807) is 0 Å². The molecule has 3 atom stereocenters. The number of rotatable bonds is 3. The van der Waals surface area contributed by atoms with Crippen LogP contribution < -0.4 is 0 Å². The highest BCUT2D eigenvalue weighted by Gasteiger charge is 2.51. The van der Waals surface area contributed by atoms with Crippen molar-refractivity contribution >= 4 is 12.1 Å². The monoisotopic (exact) mass is 305 g/mol. The van der Waals surface area contributed by atoms with Gasteiger partial charge in [-0.05, 0) is 18.4 Å². The summed E-state index contributed by atoms with van der Waals surface area (Å²) < 4.78 is 5.20. The molecule has 1 aromatic rings. The number of carboxylic acids is 1. The summed E-state index contributed by atoms with van der Waals surface area (Å²) in [6.45, 7) is 0.0984. The quantitative estimate of drug-likeness (QED) is 0.929. The Morgan fingerprint density at radius 2 is 1.95 bits per heavy atom. The van der Waals surface area contributed by atoms with Crippen LogP contribution in [0.25, 0.3) is 0 Å². The first kappa shape index (κ1) is 14.8. The molecule has 6 nitrogen and oxygen atoms in total. The molecule has 118 valence electrons. The first-order valence-corrected chi connectivity index (χ1v) is 7.56. The van der Waals surface area contributed by atoms with Gasteiger partial charge in [-0.1, -0.05) is 43.2 Å². The van der Waals surface area contributed by atoms with Crippen molar-refractivity contribution in [3.63, 3.8) is 0 Å². The van der Waals surface area contributed by atoms with E-state index in [1.807, 2.05) is 30.3 Å². The van der Waals surface area contributed by atoms with Crippen LogP contribution in [0.15, 0.2) is 30.3 Å². The summed E-state index contributed by atoms with van der Waals surface area (Å²) in [6.07, 6.45) is 2.60. The van der Waals surface area contributed by atoms with Crippen molar-refractivity contribution in [2.75, 3.05) is 0 Å². The molecule has 3 unspecified atom stereocenters. The lowest BCUT2D eigenvalue weighted by atomic mass is 9.82. The number of benzene rings is 1. The molecule has 1 saturated heterocycles. The summed E-state index contributed by atoms with van der Waals surface area (Å²) in [4.78, 5) is 29.3. The van der Waals surface area contributed by atoms with Crippen molar-refractivity contribution in [3.8, 4) is 0 Å². The SMILES string of the molecule is O=C(O)C1C2CCCCC2ON1C(=O)OCc1ccccc1. The molecule has 0 radical (unpaired) electrons. The molecule has 1 saturated carbocycles. The molecule has 1 aliphatic heterocycles. The van der Waals surface area contributed by atoms with E-state index in [2.05, 4.69) is 0 Å². The average molecular weight is 305 g/mol. The predicted molar refractivity (Wildman–Crippen MR) is 76.7 cm³/mol. The molecule has 1 aliphatic carbocycles. The second kappa shape index (κ2) is 6.36. The summed E-state index contributed by atoms with van der Waals surface area (Å²) in [5.41, 5.74) is 0.847. The minimum absolute atomic E-state index is 0.0984. The van der Waals surface area contributed by atoms with Gasteiger partial charge >= 0.3 is 12.1 Å². The number of hydroxylamine groups is 2. The summed E-state index contributed by atoms with van der Waals surface area (Å²) in [5, 5.41) is 10.3. The average Bonchev–Trinajstić information content (AvgIpc) is 2.93. The predicted octanol–water partition coefficient (Wildman–Crippen LogP) is 2.58. The van der Waals surface area contributed by atoms with Gasteiger partial charge in [0, 0.05) is 5.92 Å². The molecular formula is C16H19NO5. The molecular weight excluding hydrogens is 286 g/mol. The number of amides is 1. The number of ether oxygens (including phenoxy) is 1. The standard InChI is InChI=1S/C16H19NO5/c18-15(19)14-12-8-4-5-9-13(12)22-17(14)16(20)21-10-11-6-2-1-3-7-11/h1-3,6-7,12-14H,4-5,8-10H2,(H,18,19). The summed E-state index contributed by atoms with van der Waals surface area (Å²) in [5.74, 6) is -1.18. The highest BCUT2D eigenvalue weighted by molar-refractivity contribution is 5.80. The van der Waals surface area contributed by atoms with Gasteiger partial charge in [0.1, 0.15) is 6.61 Å². The van der Waals surface area contributed by atoms with Gasteiger partial charge in [-0.2, -0.15) is 5.06 Å². The number of carbonyl (C=O) groups excluding carboxylic acids is 1. The second-order valence-electron chi connectivity index (χ2n) is 5.74. The van der Waals surface area contributed by atoms with Crippen molar-refractivity contribution in [1.29, 1.82) is 0 Å². The zero-order chi connectivity index (χ0) is 15.5. The maximum absolute atomic E-state index is 12.2. The number of fused-ring (bicyclic) bond motifs is 1. The van der Waals surface area contributed by atoms with Crippen LogP contribution in [0.1, 0.15) is 31.2 Å². The van der Waals surface area contributed by atoms with Gasteiger partial charge in [-0.15, -0.1) is 0 Å². The van der Waals surface area contributed by atoms with Gasteiger partial charge in [0.15, 0.2) is 6.04 Å². The number of hydrogen-bond donors (Lipinski definition) is 1. The third-order valence-corrected chi connectivity index (χ3v) is 4.30. The Morgan fingerprint density at radius 3 is 2.68 bits per heavy atom.